The van der Waals surface area contributed by atoms with Crippen molar-refractivity contribution in [3.8, 4) is 0 Å². The predicted molar refractivity (Wildman–Crippen MR) is 154 cm³/mol. The number of nitrogens with two attached hydrogens (primary N) is 1. The minimum Gasteiger partial charge on any atom is -0.288 e. The molecule has 3 saturated heterocycles. The standard InChI is InChI=1S/C24H34N2O5.C3H3F3O3.CH5P.Pb/c1-2-22(30-21(27)16-25)31-23(17-8-4-3-5-9-17)24(28)29-20-14-18-10-11-19(15-20)26(18)12-6-7-13-26;1-8-9-2(7)3(4,5)6;1-2;/h3-5,8-9,18-20,22H,2,6-7,10-16,25H2,1H3;1H3;2H2,1H3;/q+1;;;. The molecule has 2 N–H and O–H groups in total. The number of hydrogen-bond donors (Lipinski definition) is 1. The van der Waals surface area contributed by atoms with Gasteiger partial charge in [0.05, 0.1) is 7.11 Å². The molecule has 3 fully saturated rings. The van der Waals surface area contributed by atoms with E-state index in [1.807, 2.05) is 43.9 Å². The number of halogens is 3. The first-order chi connectivity index (χ1) is 20.4. The van der Waals surface area contributed by atoms with Gasteiger partial charge in [0.15, 0.2) is 0 Å². The SMILES string of the molecule is CCC(OC(=O)CN)O[C]([Pb])(C(=O)OC1CC2CCC(C1)[N+]21CCCC1)c1ccccc1.COOC(=O)C(F)(F)F.CP. The summed E-state index contributed by atoms with van der Waals surface area (Å²) in [7, 11) is 3.23. The molecule has 3 radical (unpaired) electrons. The van der Waals surface area contributed by atoms with Gasteiger partial charge in [-0.3, -0.25) is 4.89 Å². The fraction of sp³-hybridized carbons (Fsp3) is 0.679. The molecule has 0 aromatic heterocycles. The molecule has 1 spiro atoms. The van der Waals surface area contributed by atoms with Gasteiger partial charge in [0.25, 0.3) is 0 Å². The number of quaternary nitrogens is 1. The Bertz CT molecular complexity index is 1030. The Balaban J connectivity index is 0.000000505. The van der Waals surface area contributed by atoms with Gasteiger partial charge in [0.2, 0.25) is 0 Å². The van der Waals surface area contributed by atoms with Crippen LogP contribution in [-0.4, -0.2) is 112 Å². The van der Waals surface area contributed by atoms with Crippen molar-refractivity contribution in [2.24, 2.45) is 5.73 Å². The summed E-state index contributed by atoms with van der Waals surface area (Å²) in [5.41, 5.74) is 6.14. The van der Waals surface area contributed by atoms with Gasteiger partial charge in [-0.1, -0.05) is 6.66 Å². The van der Waals surface area contributed by atoms with Gasteiger partial charge in [-0.2, -0.15) is 18.1 Å². The molecular formula is C28H42F3N2O8PPb+. The van der Waals surface area contributed by atoms with Gasteiger partial charge in [0.1, 0.15) is 0 Å². The summed E-state index contributed by atoms with van der Waals surface area (Å²) < 4.78 is 51.0. The van der Waals surface area contributed by atoms with Crippen LogP contribution in [0.15, 0.2) is 30.3 Å². The van der Waals surface area contributed by atoms with Gasteiger partial charge in [-0.15, -0.1) is 9.24 Å². The Morgan fingerprint density at radius 2 is 1.60 bits per heavy atom. The Morgan fingerprint density at radius 3 is 2.05 bits per heavy atom. The third kappa shape index (κ3) is 9.80. The fourth-order valence-corrected chi connectivity index (χ4v) is 7.54. The number of hydrogen-bond acceptors (Lipinski definition) is 9. The van der Waals surface area contributed by atoms with Crippen LogP contribution in [-0.2, 0) is 41.5 Å². The first kappa shape index (κ1) is 37.8. The van der Waals surface area contributed by atoms with E-state index in [-0.39, 0.29) is 18.6 Å². The second-order valence-electron chi connectivity index (χ2n) is 10.4. The predicted octanol–water partition coefficient (Wildman–Crippen LogP) is 3.25. The number of carbonyl (C=O) groups is 3. The zero-order valence-electron chi connectivity index (χ0n) is 24.8. The molecule has 1 aromatic carbocycles. The van der Waals surface area contributed by atoms with Crippen molar-refractivity contribution >= 4 is 52.9 Å². The molecule has 0 amide bonds. The molecular weight excluding hydrogens is 787 g/mol. The maximum absolute atomic E-state index is 13.6. The van der Waals surface area contributed by atoms with E-state index in [1.54, 1.807) is 0 Å². The molecule has 43 heavy (non-hydrogen) atoms. The van der Waals surface area contributed by atoms with Crippen LogP contribution in [0, 0.1) is 0 Å². The van der Waals surface area contributed by atoms with Crippen molar-refractivity contribution in [1.82, 2.24) is 0 Å². The van der Waals surface area contributed by atoms with E-state index < -0.39 is 27.6 Å². The topological polar surface area (TPSA) is 123 Å². The van der Waals surface area contributed by atoms with Crippen LogP contribution in [0.3, 0.4) is 0 Å². The molecule has 15 heteroatoms. The average Bonchev–Trinajstić information content (AvgIpc) is 3.54. The second-order valence-corrected chi connectivity index (χ2v) is 13.1. The number of benzene rings is 1. The number of nitrogens with zero attached hydrogens (tertiary/aromatic N) is 1. The van der Waals surface area contributed by atoms with Gasteiger partial charge in [-0.05, 0) is 0 Å². The van der Waals surface area contributed by atoms with E-state index >= 15 is 0 Å². The fourth-order valence-electron chi connectivity index (χ4n) is 6.15. The molecule has 241 valence electrons. The van der Waals surface area contributed by atoms with Crippen molar-refractivity contribution in [1.29, 1.82) is 0 Å². The number of carbonyl (C=O) groups excluding carboxylic acids is 3. The maximum Gasteiger partial charge on any atom is 0.494 e. The summed E-state index contributed by atoms with van der Waals surface area (Å²) in [5, 5.41) is 0. The summed E-state index contributed by atoms with van der Waals surface area (Å²) in [5.74, 6) is -3.27. The van der Waals surface area contributed by atoms with Crippen molar-refractivity contribution in [2.45, 2.75) is 85.7 Å². The molecule has 2 bridgehead atoms. The third-order valence-electron chi connectivity index (χ3n) is 7.96. The molecule has 4 rings (SSSR count). The Labute approximate surface area is 268 Å². The molecule has 3 aliphatic heterocycles. The van der Waals surface area contributed by atoms with E-state index in [2.05, 4.69) is 19.0 Å². The summed E-state index contributed by atoms with van der Waals surface area (Å²) in [6.07, 6.45) is 1.53. The quantitative estimate of drug-likeness (QED) is 0.0761. The number of rotatable bonds is 9. The molecule has 3 heterocycles. The van der Waals surface area contributed by atoms with Crippen LogP contribution < -0.4 is 5.73 Å². The van der Waals surface area contributed by atoms with Crippen LogP contribution in [0.2, 0.25) is 0 Å². The largest absolute Gasteiger partial charge is 0.494 e. The second kappa shape index (κ2) is 17.3. The van der Waals surface area contributed by atoms with E-state index in [1.165, 1.54) is 43.3 Å². The van der Waals surface area contributed by atoms with Crippen molar-refractivity contribution in [3.05, 3.63) is 35.9 Å². The van der Waals surface area contributed by atoms with Crippen LogP contribution in [0.5, 0.6) is 0 Å². The van der Waals surface area contributed by atoms with Crippen LogP contribution in [0.25, 0.3) is 0 Å². The number of alkyl halides is 3. The number of esters is 2. The molecule has 5 unspecified atom stereocenters. The molecule has 10 nitrogen and oxygen atoms in total. The number of piperidine rings is 1. The molecule has 0 aliphatic carbocycles. The average molecular weight is 830 g/mol. The summed E-state index contributed by atoms with van der Waals surface area (Å²) in [6.45, 7) is 6.12. The van der Waals surface area contributed by atoms with Crippen molar-refractivity contribution < 1.29 is 56.0 Å². The molecule has 5 atom stereocenters. The zero-order valence-corrected chi connectivity index (χ0v) is 29.8. The van der Waals surface area contributed by atoms with E-state index in [9.17, 15) is 27.6 Å². The Kier molecular flexibility index (Phi) is 15.2. The van der Waals surface area contributed by atoms with Crippen molar-refractivity contribution in [3.63, 3.8) is 0 Å². The summed E-state index contributed by atoms with van der Waals surface area (Å²) >= 11 is 0.358. The summed E-state index contributed by atoms with van der Waals surface area (Å²) in [4.78, 5) is 41.6. The minimum atomic E-state index is -4.98. The zero-order chi connectivity index (χ0) is 32.3. The van der Waals surface area contributed by atoms with Crippen LogP contribution >= 0.6 is 9.24 Å². The van der Waals surface area contributed by atoms with Gasteiger partial charge in [0, 0.05) is 0 Å². The molecule has 0 saturated carbocycles. The molecule has 3 aliphatic rings. The number of ether oxygens (including phenoxy) is 3. The van der Waals surface area contributed by atoms with E-state index in [0.717, 1.165) is 25.5 Å². The summed E-state index contributed by atoms with van der Waals surface area (Å²) in [6, 6.07) is 10.6. The van der Waals surface area contributed by atoms with Crippen LogP contribution in [0.4, 0.5) is 13.2 Å². The smallest absolute Gasteiger partial charge is 0.288 e. The van der Waals surface area contributed by atoms with Crippen molar-refractivity contribution in [2.75, 3.05) is 33.4 Å². The van der Waals surface area contributed by atoms with E-state index in [4.69, 9.17) is 19.9 Å². The van der Waals surface area contributed by atoms with Crippen LogP contribution in [0.1, 0.15) is 57.4 Å². The first-order valence-electron chi connectivity index (χ1n) is 14.2. The van der Waals surface area contributed by atoms with E-state index in [0.29, 0.717) is 44.3 Å². The van der Waals surface area contributed by atoms with Gasteiger partial charge < -0.3 is 0 Å². The Hall–Kier alpha value is -1.39. The van der Waals surface area contributed by atoms with Gasteiger partial charge in [-0.25, -0.2) is 4.79 Å². The third-order valence-corrected chi connectivity index (χ3v) is 10.3. The normalized spacial score (nSPS) is 23.9. The maximum atomic E-state index is 13.6. The first-order valence-corrected chi connectivity index (χ1v) is 17.3. The van der Waals surface area contributed by atoms with Gasteiger partial charge >= 0.3 is 219 Å². The minimum absolute atomic E-state index is 0.0725. The Morgan fingerprint density at radius 1 is 1.05 bits per heavy atom. The molecule has 1 aromatic rings. The monoisotopic (exact) mass is 830 g/mol.